The molecule has 0 aliphatic carbocycles. The van der Waals surface area contributed by atoms with Crippen LogP contribution in [0.25, 0.3) is 0 Å². The molecule has 0 radical (unpaired) electrons. The number of esters is 1. The molecule has 0 saturated carbocycles. The Labute approximate surface area is 67.4 Å². The van der Waals surface area contributed by atoms with Gasteiger partial charge < -0.3 is 9.84 Å². The Balaban J connectivity index is 3.36. The molecule has 3 nitrogen and oxygen atoms in total. The average molecular weight is 160 g/mol. The smallest absolute Gasteiger partial charge is 0.334 e. The van der Waals surface area contributed by atoms with Gasteiger partial charge in [0.05, 0.1) is 7.11 Å². The van der Waals surface area contributed by atoms with Crippen molar-refractivity contribution in [3.8, 4) is 0 Å². The van der Waals surface area contributed by atoms with Crippen molar-refractivity contribution in [1.82, 2.24) is 0 Å². The summed E-state index contributed by atoms with van der Waals surface area (Å²) < 4.78 is 4.35. The molecule has 0 bridgehead atoms. The Bertz CT molecular complexity index is 112. The molecule has 1 atom stereocenters. The number of hydrogen-bond acceptors (Lipinski definition) is 3. The number of carbonyl (C=O) groups is 1. The second kappa shape index (κ2) is 6.16. The van der Waals surface area contributed by atoms with E-state index in [-0.39, 0.29) is 0 Å². The largest absolute Gasteiger partial charge is 0.467 e. The molecule has 0 heterocycles. The zero-order valence-corrected chi connectivity index (χ0v) is 7.17. The number of ether oxygens (including phenoxy) is 1. The maximum absolute atomic E-state index is 10.6. The van der Waals surface area contributed by atoms with Crippen molar-refractivity contribution in [2.75, 3.05) is 7.11 Å². The van der Waals surface area contributed by atoms with Crippen molar-refractivity contribution in [1.29, 1.82) is 0 Å². The van der Waals surface area contributed by atoms with E-state index in [1.165, 1.54) is 7.11 Å². The summed E-state index contributed by atoms with van der Waals surface area (Å²) >= 11 is 0. The third-order valence-corrected chi connectivity index (χ3v) is 1.55. The van der Waals surface area contributed by atoms with Crippen molar-refractivity contribution < 1.29 is 14.6 Å². The van der Waals surface area contributed by atoms with Crippen LogP contribution in [0.3, 0.4) is 0 Å². The third-order valence-electron chi connectivity index (χ3n) is 1.55. The van der Waals surface area contributed by atoms with Gasteiger partial charge in [-0.1, -0.05) is 26.2 Å². The van der Waals surface area contributed by atoms with Gasteiger partial charge in [-0.3, -0.25) is 0 Å². The highest BCUT2D eigenvalue weighted by Gasteiger charge is 2.13. The number of aliphatic hydroxyl groups is 1. The van der Waals surface area contributed by atoms with Gasteiger partial charge >= 0.3 is 5.97 Å². The van der Waals surface area contributed by atoms with Crippen molar-refractivity contribution in [2.45, 2.75) is 38.7 Å². The lowest BCUT2D eigenvalue weighted by Gasteiger charge is -2.06. The fraction of sp³-hybridized carbons (Fsp3) is 0.875. The Morgan fingerprint density at radius 3 is 2.64 bits per heavy atom. The van der Waals surface area contributed by atoms with E-state index in [0.717, 1.165) is 19.3 Å². The minimum absolute atomic E-state index is 0.514. The summed E-state index contributed by atoms with van der Waals surface area (Å²) in [6.45, 7) is 2.07. The van der Waals surface area contributed by atoms with Crippen molar-refractivity contribution in [3.63, 3.8) is 0 Å². The number of rotatable bonds is 5. The topological polar surface area (TPSA) is 46.5 Å². The Hall–Kier alpha value is -0.570. The highest BCUT2D eigenvalue weighted by atomic mass is 16.5. The molecule has 66 valence electrons. The molecule has 0 aliphatic rings. The van der Waals surface area contributed by atoms with Crippen molar-refractivity contribution >= 4 is 5.97 Å². The van der Waals surface area contributed by atoms with Gasteiger partial charge in [0.15, 0.2) is 6.10 Å². The van der Waals surface area contributed by atoms with Gasteiger partial charge in [-0.25, -0.2) is 4.79 Å². The van der Waals surface area contributed by atoms with Gasteiger partial charge in [0.2, 0.25) is 0 Å². The summed E-state index contributed by atoms with van der Waals surface area (Å²) in [5.41, 5.74) is 0. The van der Waals surface area contributed by atoms with Gasteiger partial charge in [-0.15, -0.1) is 0 Å². The van der Waals surface area contributed by atoms with Gasteiger partial charge in [0.25, 0.3) is 0 Å². The zero-order valence-electron chi connectivity index (χ0n) is 7.17. The monoisotopic (exact) mass is 160 g/mol. The van der Waals surface area contributed by atoms with Gasteiger partial charge in [0.1, 0.15) is 0 Å². The predicted molar refractivity (Wildman–Crippen MR) is 42.2 cm³/mol. The molecule has 0 unspecified atom stereocenters. The fourth-order valence-electron chi connectivity index (χ4n) is 0.842. The lowest BCUT2D eigenvalue weighted by atomic mass is 10.1. The quantitative estimate of drug-likeness (QED) is 0.484. The van der Waals surface area contributed by atoms with Gasteiger partial charge in [-0.2, -0.15) is 0 Å². The van der Waals surface area contributed by atoms with Crippen LogP contribution in [-0.2, 0) is 9.53 Å². The maximum atomic E-state index is 10.6. The molecule has 11 heavy (non-hydrogen) atoms. The first kappa shape index (κ1) is 10.4. The zero-order chi connectivity index (χ0) is 8.69. The summed E-state index contributed by atoms with van der Waals surface area (Å²) in [7, 11) is 1.28. The minimum Gasteiger partial charge on any atom is -0.467 e. The van der Waals surface area contributed by atoms with Crippen LogP contribution in [0, 0.1) is 0 Å². The molecule has 0 aromatic rings. The first-order valence-electron chi connectivity index (χ1n) is 3.98. The Morgan fingerprint density at radius 2 is 2.18 bits per heavy atom. The molecule has 0 spiro atoms. The van der Waals surface area contributed by atoms with Crippen molar-refractivity contribution in [2.24, 2.45) is 0 Å². The van der Waals surface area contributed by atoms with E-state index >= 15 is 0 Å². The standard InChI is InChI=1S/C8H16O3/c1-3-4-5-6-7(9)8(10)11-2/h7,9H,3-6H2,1-2H3/t7-/m0/s1. The van der Waals surface area contributed by atoms with Gasteiger partial charge in [-0.05, 0) is 6.42 Å². The summed E-state index contributed by atoms with van der Waals surface area (Å²) in [6.07, 6.45) is 2.61. The second-order valence-corrected chi connectivity index (χ2v) is 2.53. The normalized spacial score (nSPS) is 12.6. The van der Waals surface area contributed by atoms with Crippen LogP contribution < -0.4 is 0 Å². The fourth-order valence-corrected chi connectivity index (χ4v) is 0.842. The maximum Gasteiger partial charge on any atom is 0.334 e. The summed E-state index contributed by atoms with van der Waals surface area (Å²) in [6, 6.07) is 0. The minimum atomic E-state index is -0.924. The molecule has 0 aliphatic heterocycles. The van der Waals surface area contributed by atoms with Gasteiger partial charge in [0, 0.05) is 0 Å². The van der Waals surface area contributed by atoms with E-state index in [1.807, 2.05) is 0 Å². The number of hydrogen-bond donors (Lipinski definition) is 1. The molecular weight excluding hydrogens is 144 g/mol. The molecule has 0 aromatic heterocycles. The SMILES string of the molecule is CCCCC[C@H](O)C(=O)OC. The van der Waals surface area contributed by atoms with Crippen LogP contribution in [0.15, 0.2) is 0 Å². The average Bonchev–Trinajstić information content (AvgIpc) is 2.03. The van der Waals surface area contributed by atoms with Crippen LogP contribution in [0.4, 0.5) is 0 Å². The van der Waals surface area contributed by atoms with E-state index in [0.29, 0.717) is 6.42 Å². The van der Waals surface area contributed by atoms with Crippen LogP contribution >= 0.6 is 0 Å². The Kier molecular flexibility index (Phi) is 5.84. The van der Waals surface area contributed by atoms with Crippen LogP contribution in [0.5, 0.6) is 0 Å². The molecule has 3 heteroatoms. The van der Waals surface area contributed by atoms with Crippen molar-refractivity contribution in [3.05, 3.63) is 0 Å². The van der Waals surface area contributed by atoms with E-state index in [1.54, 1.807) is 0 Å². The predicted octanol–water partition coefficient (Wildman–Crippen LogP) is 1.10. The molecule has 0 rings (SSSR count). The Morgan fingerprint density at radius 1 is 1.55 bits per heavy atom. The second-order valence-electron chi connectivity index (χ2n) is 2.53. The lowest BCUT2D eigenvalue weighted by molar-refractivity contribution is -0.150. The summed E-state index contributed by atoms with van der Waals surface area (Å²) in [5, 5.41) is 9.07. The molecular formula is C8H16O3. The summed E-state index contributed by atoms with van der Waals surface area (Å²) in [4.78, 5) is 10.6. The van der Waals surface area contributed by atoms with E-state index in [9.17, 15) is 4.79 Å². The molecule has 0 saturated heterocycles. The van der Waals surface area contributed by atoms with E-state index in [4.69, 9.17) is 5.11 Å². The lowest BCUT2D eigenvalue weighted by Crippen LogP contribution is -2.21. The highest BCUT2D eigenvalue weighted by Crippen LogP contribution is 2.03. The highest BCUT2D eigenvalue weighted by molar-refractivity contribution is 5.74. The van der Waals surface area contributed by atoms with Crippen LogP contribution in [0.1, 0.15) is 32.6 Å². The number of carbonyl (C=O) groups excluding carboxylic acids is 1. The number of unbranched alkanes of at least 4 members (excludes halogenated alkanes) is 2. The number of aliphatic hydroxyl groups excluding tert-OH is 1. The molecule has 0 fully saturated rings. The van der Waals surface area contributed by atoms with E-state index in [2.05, 4.69) is 11.7 Å². The number of methoxy groups -OCH3 is 1. The molecule has 1 N–H and O–H groups in total. The molecule has 0 aromatic carbocycles. The molecule has 0 amide bonds. The van der Waals surface area contributed by atoms with Crippen LogP contribution in [0.2, 0.25) is 0 Å². The first-order chi connectivity index (χ1) is 5.22. The first-order valence-corrected chi connectivity index (χ1v) is 3.98. The summed E-state index contributed by atoms with van der Waals surface area (Å²) in [5.74, 6) is -0.527. The third kappa shape index (κ3) is 4.79. The van der Waals surface area contributed by atoms with E-state index < -0.39 is 12.1 Å². The van der Waals surface area contributed by atoms with Crippen LogP contribution in [-0.4, -0.2) is 24.3 Å².